The first kappa shape index (κ1) is 17.0. The van der Waals surface area contributed by atoms with Gasteiger partial charge >= 0.3 is 0 Å². The summed E-state index contributed by atoms with van der Waals surface area (Å²) >= 11 is 1.38. The minimum atomic E-state index is 0.160. The van der Waals surface area contributed by atoms with Crippen LogP contribution < -0.4 is 5.73 Å². The van der Waals surface area contributed by atoms with Gasteiger partial charge in [-0.1, -0.05) is 37.9 Å². The summed E-state index contributed by atoms with van der Waals surface area (Å²) in [7, 11) is 0. The average molecular weight is 348 g/mol. The lowest BCUT2D eigenvalue weighted by atomic mass is 10.2. The van der Waals surface area contributed by atoms with Gasteiger partial charge in [0.2, 0.25) is 11.9 Å². The largest absolute Gasteiger partial charge is 0.369 e. The highest BCUT2D eigenvalue weighted by Crippen LogP contribution is 2.21. The molecule has 0 spiro atoms. The molecule has 0 aliphatic carbocycles. The number of nitrogen functional groups attached to an aromatic ring is 1. The van der Waals surface area contributed by atoms with Crippen LogP contribution in [0.2, 0.25) is 0 Å². The number of nitrogens with zero attached hydrogens (tertiary/aromatic N) is 5. The first-order valence-electron chi connectivity index (χ1n) is 8.60. The van der Waals surface area contributed by atoms with Crippen molar-refractivity contribution in [3.63, 3.8) is 0 Å². The van der Waals surface area contributed by atoms with Crippen molar-refractivity contribution in [1.29, 1.82) is 0 Å². The Morgan fingerprint density at radius 2 is 2.00 bits per heavy atom. The van der Waals surface area contributed by atoms with Crippen molar-refractivity contribution in [2.45, 2.75) is 50.6 Å². The molecule has 0 radical (unpaired) electrons. The second-order valence-electron chi connectivity index (χ2n) is 6.12. The van der Waals surface area contributed by atoms with Gasteiger partial charge in [0.15, 0.2) is 10.8 Å². The van der Waals surface area contributed by atoms with Gasteiger partial charge in [-0.15, -0.1) is 10.2 Å². The van der Waals surface area contributed by atoms with E-state index < -0.39 is 0 Å². The van der Waals surface area contributed by atoms with Crippen LogP contribution in [0.15, 0.2) is 11.2 Å². The number of amides is 1. The van der Waals surface area contributed by atoms with Crippen molar-refractivity contribution in [3.8, 4) is 0 Å². The first-order chi connectivity index (χ1) is 11.7. The normalized spacial score (nSPS) is 15.6. The van der Waals surface area contributed by atoms with E-state index in [2.05, 4.69) is 22.1 Å². The van der Waals surface area contributed by atoms with Crippen LogP contribution in [0.25, 0.3) is 5.65 Å². The maximum atomic E-state index is 12.4. The van der Waals surface area contributed by atoms with Gasteiger partial charge in [0.25, 0.3) is 0 Å². The van der Waals surface area contributed by atoms with E-state index in [1.807, 2.05) is 11.0 Å². The van der Waals surface area contributed by atoms with Crippen LogP contribution in [0.5, 0.6) is 0 Å². The predicted molar refractivity (Wildman–Crippen MR) is 95.0 cm³/mol. The lowest BCUT2D eigenvalue weighted by Crippen LogP contribution is -2.33. The quantitative estimate of drug-likeness (QED) is 0.833. The molecular weight excluding hydrogens is 324 g/mol. The Morgan fingerprint density at radius 3 is 2.71 bits per heavy atom. The number of nitrogens with two attached hydrogens (primary N) is 1. The van der Waals surface area contributed by atoms with E-state index in [0.717, 1.165) is 44.5 Å². The van der Waals surface area contributed by atoms with Crippen LogP contribution in [0.3, 0.4) is 0 Å². The molecule has 1 saturated heterocycles. The third-order valence-corrected chi connectivity index (χ3v) is 5.14. The lowest BCUT2D eigenvalue weighted by Gasteiger charge is -2.19. The zero-order valence-corrected chi connectivity index (χ0v) is 14.9. The van der Waals surface area contributed by atoms with Crippen LogP contribution in [-0.2, 0) is 11.2 Å². The molecule has 3 heterocycles. The molecule has 3 rings (SSSR count). The number of carbonyl (C=O) groups excluding carboxylic acids is 1. The fraction of sp³-hybridized carbons (Fsp3) is 0.625. The van der Waals surface area contributed by atoms with E-state index in [4.69, 9.17) is 5.73 Å². The third kappa shape index (κ3) is 3.80. The Kier molecular flexibility index (Phi) is 5.55. The summed E-state index contributed by atoms with van der Waals surface area (Å²) in [6, 6.07) is 1.91. The number of fused-ring (bicyclic) bond motifs is 1. The number of carbonyl (C=O) groups is 1. The van der Waals surface area contributed by atoms with Gasteiger partial charge in [-0.2, -0.15) is 0 Å². The Hall–Kier alpha value is -1.83. The monoisotopic (exact) mass is 348 g/mol. The summed E-state index contributed by atoms with van der Waals surface area (Å²) in [6.07, 6.45) is 6.50. The zero-order chi connectivity index (χ0) is 16.9. The minimum absolute atomic E-state index is 0.160. The summed E-state index contributed by atoms with van der Waals surface area (Å²) in [5, 5.41) is 8.98. The van der Waals surface area contributed by atoms with Crippen LogP contribution >= 0.6 is 11.8 Å². The fourth-order valence-electron chi connectivity index (χ4n) is 2.98. The van der Waals surface area contributed by atoms with Crippen LogP contribution in [0.1, 0.15) is 44.7 Å². The number of likely N-dealkylation sites (tertiary alicyclic amines) is 1. The number of hydrogen-bond donors (Lipinski definition) is 1. The summed E-state index contributed by atoms with van der Waals surface area (Å²) in [6.45, 7) is 3.83. The Balaban J connectivity index is 1.70. The molecule has 130 valence electrons. The molecule has 0 saturated carbocycles. The van der Waals surface area contributed by atoms with Crippen molar-refractivity contribution < 1.29 is 4.79 Å². The summed E-state index contributed by atoms with van der Waals surface area (Å²) in [5.74, 6) is 0.898. The van der Waals surface area contributed by atoms with Crippen molar-refractivity contribution in [3.05, 3.63) is 11.8 Å². The Labute approximate surface area is 146 Å². The van der Waals surface area contributed by atoms with Gasteiger partial charge in [-0.05, 0) is 19.3 Å². The van der Waals surface area contributed by atoms with E-state index in [9.17, 15) is 4.79 Å². The molecule has 1 fully saturated rings. The second-order valence-corrected chi connectivity index (χ2v) is 7.06. The molecule has 0 aromatic carbocycles. The molecule has 0 unspecified atom stereocenters. The third-order valence-electron chi connectivity index (χ3n) is 4.23. The maximum Gasteiger partial charge on any atom is 0.233 e. The van der Waals surface area contributed by atoms with Gasteiger partial charge in [-0.25, -0.2) is 9.38 Å². The summed E-state index contributed by atoms with van der Waals surface area (Å²) in [5.41, 5.74) is 7.68. The molecule has 1 aliphatic heterocycles. The molecular formula is C16H24N6OS. The molecule has 2 aromatic heterocycles. The molecule has 7 nitrogen and oxygen atoms in total. The topological polar surface area (TPSA) is 89.4 Å². The van der Waals surface area contributed by atoms with Gasteiger partial charge in [-0.3, -0.25) is 4.79 Å². The van der Waals surface area contributed by atoms with Crippen molar-refractivity contribution in [2.24, 2.45) is 0 Å². The molecule has 1 aliphatic rings. The SMILES string of the molecule is CCCc1cc2nnc(SCC(=O)N3CCCCCC3)n2c(N)n1. The molecule has 2 N–H and O–H groups in total. The molecule has 2 aromatic rings. The average Bonchev–Trinajstić information content (AvgIpc) is 2.79. The van der Waals surface area contributed by atoms with E-state index in [1.165, 1.54) is 24.6 Å². The number of anilines is 1. The second kappa shape index (κ2) is 7.83. The molecule has 0 bridgehead atoms. The Morgan fingerprint density at radius 1 is 1.25 bits per heavy atom. The summed E-state index contributed by atoms with van der Waals surface area (Å²) in [4.78, 5) is 18.8. The number of hydrogen-bond acceptors (Lipinski definition) is 6. The van der Waals surface area contributed by atoms with Gasteiger partial charge in [0.1, 0.15) is 0 Å². The highest BCUT2D eigenvalue weighted by molar-refractivity contribution is 7.99. The van der Waals surface area contributed by atoms with E-state index in [-0.39, 0.29) is 5.91 Å². The number of aryl methyl sites for hydroxylation is 1. The van der Waals surface area contributed by atoms with Gasteiger partial charge < -0.3 is 10.6 Å². The van der Waals surface area contributed by atoms with E-state index >= 15 is 0 Å². The fourth-order valence-corrected chi connectivity index (χ4v) is 3.83. The summed E-state index contributed by atoms with van der Waals surface area (Å²) < 4.78 is 1.72. The van der Waals surface area contributed by atoms with Crippen molar-refractivity contribution in [1.82, 2.24) is 24.5 Å². The van der Waals surface area contributed by atoms with Crippen molar-refractivity contribution >= 4 is 29.3 Å². The van der Waals surface area contributed by atoms with Crippen LogP contribution in [0.4, 0.5) is 5.95 Å². The van der Waals surface area contributed by atoms with E-state index in [0.29, 0.717) is 22.5 Å². The highest BCUT2D eigenvalue weighted by atomic mass is 32.2. The lowest BCUT2D eigenvalue weighted by molar-refractivity contribution is -0.128. The number of rotatable bonds is 5. The van der Waals surface area contributed by atoms with E-state index in [1.54, 1.807) is 4.40 Å². The highest BCUT2D eigenvalue weighted by Gasteiger charge is 2.18. The standard InChI is InChI=1S/C16H24N6OS/c1-2-7-12-10-13-19-20-16(22(13)15(17)18-12)24-11-14(23)21-8-5-3-4-6-9-21/h10H,2-9,11H2,1H3,(H2,17,18). The number of aromatic nitrogens is 4. The van der Waals surface area contributed by atoms with Crippen LogP contribution in [0, 0.1) is 0 Å². The molecule has 1 amide bonds. The molecule has 0 atom stereocenters. The molecule has 8 heteroatoms. The van der Waals surface area contributed by atoms with Crippen molar-refractivity contribution in [2.75, 3.05) is 24.6 Å². The van der Waals surface area contributed by atoms with Gasteiger partial charge in [0, 0.05) is 24.8 Å². The maximum absolute atomic E-state index is 12.4. The van der Waals surface area contributed by atoms with Crippen LogP contribution in [-0.4, -0.2) is 49.2 Å². The first-order valence-corrected chi connectivity index (χ1v) is 9.58. The minimum Gasteiger partial charge on any atom is -0.369 e. The zero-order valence-electron chi connectivity index (χ0n) is 14.1. The Bertz CT molecular complexity index is 708. The smallest absolute Gasteiger partial charge is 0.233 e. The predicted octanol–water partition coefficient (Wildman–Crippen LogP) is 2.15. The van der Waals surface area contributed by atoms with Gasteiger partial charge in [0.05, 0.1) is 5.75 Å². The number of thioether (sulfide) groups is 1. The molecule has 24 heavy (non-hydrogen) atoms.